The van der Waals surface area contributed by atoms with Crippen LogP contribution in [0.15, 0.2) is 30.3 Å². The molecule has 0 spiro atoms. The van der Waals surface area contributed by atoms with Gasteiger partial charge in [0, 0.05) is 12.8 Å². The molecule has 11 heteroatoms. The molecule has 0 aliphatic heterocycles. The number of carbonyl (C=O) groups is 4. The second-order valence-corrected chi connectivity index (χ2v) is 6.48. The SMILES string of the molecule is C#CCC(NC(=O)CNC(=O)C(CCC(N)=O)NC(=O)OCc1ccccc1)C(O)O. The summed E-state index contributed by atoms with van der Waals surface area (Å²) < 4.78 is 5.05. The van der Waals surface area contributed by atoms with Crippen molar-refractivity contribution in [1.29, 1.82) is 0 Å². The number of carbonyl (C=O) groups excluding carboxylic acids is 4. The Hall–Kier alpha value is -3.62. The van der Waals surface area contributed by atoms with Crippen molar-refractivity contribution in [2.75, 3.05) is 6.54 Å². The zero-order valence-corrected chi connectivity index (χ0v) is 16.7. The van der Waals surface area contributed by atoms with Crippen LogP contribution < -0.4 is 21.7 Å². The van der Waals surface area contributed by atoms with Gasteiger partial charge in [-0.3, -0.25) is 14.4 Å². The molecule has 0 saturated carbocycles. The third-order valence-corrected chi connectivity index (χ3v) is 3.97. The van der Waals surface area contributed by atoms with E-state index in [1.165, 1.54) is 0 Å². The molecule has 0 aliphatic rings. The quantitative estimate of drug-likeness (QED) is 0.171. The molecule has 0 bridgehead atoms. The average molecular weight is 434 g/mol. The van der Waals surface area contributed by atoms with E-state index in [-0.39, 0.29) is 25.9 Å². The van der Waals surface area contributed by atoms with Crippen LogP contribution in [0.5, 0.6) is 0 Å². The van der Waals surface area contributed by atoms with Crippen molar-refractivity contribution in [3.05, 3.63) is 35.9 Å². The summed E-state index contributed by atoms with van der Waals surface area (Å²) in [6.07, 6.45) is 1.88. The first-order valence-electron chi connectivity index (χ1n) is 9.35. The van der Waals surface area contributed by atoms with Gasteiger partial charge >= 0.3 is 6.09 Å². The zero-order valence-electron chi connectivity index (χ0n) is 16.7. The molecule has 1 aromatic carbocycles. The lowest BCUT2D eigenvalue weighted by Gasteiger charge is -2.20. The number of aliphatic hydroxyl groups excluding tert-OH is 1. The smallest absolute Gasteiger partial charge is 0.408 e. The normalized spacial score (nSPS) is 12.2. The van der Waals surface area contributed by atoms with Crippen molar-refractivity contribution < 1.29 is 34.1 Å². The Labute approximate surface area is 179 Å². The van der Waals surface area contributed by atoms with Crippen LogP contribution >= 0.6 is 0 Å². The van der Waals surface area contributed by atoms with E-state index in [0.717, 1.165) is 5.56 Å². The molecule has 0 aromatic heterocycles. The van der Waals surface area contributed by atoms with E-state index >= 15 is 0 Å². The predicted octanol–water partition coefficient (Wildman–Crippen LogP) is -1.52. The molecule has 4 amide bonds. The highest BCUT2D eigenvalue weighted by atomic mass is 16.5. The fraction of sp³-hybridized carbons (Fsp3) is 0.400. The van der Waals surface area contributed by atoms with Gasteiger partial charge in [0.25, 0.3) is 0 Å². The van der Waals surface area contributed by atoms with Crippen LogP contribution in [-0.2, 0) is 25.7 Å². The Morgan fingerprint density at radius 1 is 1.13 bits per heavy atom. The average Bonchev–Trinajstić information content (AvgIpc) is 2.73. The summed E-state index contributed by atoms with van der Waals surface area (Å²) in [5.74, 6) is 0.0137. The van der Waals surface area contributed by atoms with E-state index < -0.39 is 48.7 Å². The predicted molar refractivity (Wildman–Crippen MR) is 109 cm³/mol. The van der Waals surface area contributed by atoms with Crippen molar-refractivity contribution in [1.82, 2.24) is 16.0 Å². The van der Waals surface area contributed by atoms with Gasteiger partial charge in [0.2, 0.25) is 17.7 Å². The molecular weight excluding hydrogens is 408 g/mol. The number of nitrogens with two attached hydrogens (primary N) is 1. The highest BCUT2D eigenvalue weighted by Crippen LogP contribution is 2.03. The second-order valence-electron chi connectivity index (χ2n) is 6.48. The van der Waals surface area contributed by atoms with Crippen LogP contribution in [0, 0.1) is 12.3 Å². The second kappa shape index (κ2) is 13.6. The highest BCUT2D eigenvalue weighted by Gasteiger charge is 2.24. The maximum absolute atomic E-state index is 12.4. The maximum Gasteiger partial charge on any atom is 0.408 e. The number of nitrogens with one attached hydrogen (secondary N) is 3. The first kappa shape index (κ1) is 25.4. The molecule has 1 aromatic rings. The Morgan fingerprint density at radius 2 is 1.81 bits per heavy atom. The number of hydrogen-bond acceptors (Lipinski definition) is 7. The van der Waals surface area contributed by atoms with Gasteiger partial charge in [-0.2, -0.15) is 0 Å². The fourth-order valence-corrected chi connectivity index (χ4v) is 2.37. The Kier molecular flexibility index (Phi) is 11.1. The zero-order chi connectivity index (χ0) is 23.2. The highest BCUT2D eigenvalue weighted by molar-refractivity contribution is 5.90. The molecule has 7 N–H and O–H groups in total. The number of aliphatic hydroxyl groups is 2. The van der Waals surface area contributed by atoms with Crippen LogP contribution in [0.4, 0.5) is 4.79 Å². The van der Waals surface area contributed by atoms with Gasteiger partial charge in [0.1, 0.15) is 12.6 Å². The first-order valence-corrected chi connectivity index (χ1v) is 9.35. The summed E-state index contributed by atoms with van der Waals surface area (Å²) in [6, 6.07) is 6.56. The van der Waals surface area contributed by atoms with E-state index in [1.807, 2.05) is 0 Å². The van der Waals surface area contributed by atoms with Gasteiger partial charge in [-0.15, -0.1) is 12.3 Å². The van der Waals surface area contributed by atoms with E-state index in [0.29, 0.717) is 0 Å². The lowest BCUT2D eigenvalue weighted by molar-refractivity contribution is -0.130. The van der Waals surface area contributed by atoms with Crippen molar-refractivity contribution in [3.8, 4) is 12.3 Å². The molecule has 0 radical (unpaired) electrons. The first-order chi connectivity index (χ1) is 14.7. The summed E-state index contributed by atoms with van der Waals surface area (Å²) in [4.78, 5) is 47.4. The number of hydrogen-bond donors (Lipinski definition) is 6. The summed E-state index contributed by atoms with van der Waals surface area (Å²) in [6.45, 7) is -0.556. The van der Waals surface area contributed by atoms with Crippen LogP contribution in [0.25, 0.3) is 0 Å². The molecule has 11 nitrogen and oxygen atoms in total. The summed E-state index contributed by atoms with van der Waals surface area (Å²) in [5.41, 5.74) is 5.83. The summed E-state index contributed by atoms with van der Waals surface area (Å²) >= 11 is 0. The minimum absolute atomic E-state index is 0.0285. The Morgan fingerprint density at radius 3 is 2.39 bits per heavy atom. The van der Waals surface area contributed by atoms with E-state index in [4.69, 9.17) is 27.1 Å². The van der Waals surface area contributed by atoms with Crippen LogP contribution in [0.3, 0.4) is 0 Å². The van der Waals surface area contributed by atoms with Crippen molar-refractivity contribution in [2.45, 2.75) is 44.2 Å². The number of primary amides is 1. The van der Waals surface area contributed by atoms with Crippen molar-refractivity contribution in [3.63, 3.8) is 0 Å². The summed E-state index contributed by atoms with van der Waals surface area (Å²) in [7, 11) is 0. The number of benzene rings is 1. The van der Waals surface area contributed by atoms with Gasteiger partial charge in [-0.05, 0) is 12.0 Å². The van der Waals surface area contributed by atoms with Crippen LogP contribution in [0.2, 0.25) is 0 Å². The van der Waals surface area contributed by atoms with Gasteiger partial charge < -0.3 is 36.6 Å². The van der Waals surface area contributed by atoms with Gasteiger partial charge in [0.15, 0.2) is 6.29 Å². The number of ether oxygens (including phenoxy) is 1. The van der Waals surface area contributed by atoms with Crippen LogP contribution in [0.1, 0.15) is 24.8 Å². The van der Waals surface area contributed by atoms with Gasteiger partial charge in [0.05, 0.1) is 12.6 Å². The number of rotatable bonds is 12. The Bertz CT molecular complexity index is 792. The van der Waals surface area contributed by atoms with E-state index in [2.05, 4.69) is 21.9 Å². The van der Waals surface area contributed by atoms with Gasteiger partial charge in [-0.25, -0.2) is 4.79 Å². The molecule has 0 saturated heterocycles. The van der Waals surface area contributed by atoms with E-state index in [1.54, 1.807) is 30.3 Å². The van der Waals surface area contributed by atoms with E-state index in [9.17, 15) is 19.2 Å². The minimum atomic E-state index is -1.87. The molecule has 0 heterocycles. The molecule has 0 aliphatic carbocycles. The molecule has 31 heavy (non-hydrogen) atoms. The molecule has 1 rings (SSSR count). The lowest BCUT2D eigenvalue weighted by atomic mass is 10.1. The van der Waals surface area contributed by atoms with Gasteiger partial charge in [-0.1, -0.05) is 30.3 Å². The largest absolute Gasteiger partial charge is 0.445 e. The molecular formula is C20H26N4O7. The number of alkyl carbamates (subject to hydrolysis) is 1. The minimum Gasteiger partial charge on any atom is -0.445 e. The molecule has 2 unspecified atom stereocenters. The topological polar surface area (TPSA) is 180 Å². The number of amides is 4. The summed E-state index contributed by atoms with van der Waals surface area (Å²) in [5, 5.41) is 25.2. The Balaban J connectivity index is 2.60. The third kappa shape index (κ3) is 10.6. The van der Waals surface area contributed by atoms with Crippen LogP contribution in [-0.4, -0.2) is 58.9 Å². The van der Waals surface area contributed by atoms with Crippen molar-refractivity contribution >= 4 is 23.8 Å². The standard InChI is InChI=1S/C20H26N4O7/c1-2-6-15(19(28)29)23-17(26)11-22-18(27)14(9-10-16(21)25)24-20(30)31-12-13-7-4-3-5-8-13/h1,3-5,7-8,14-15,19,28-29H,6,9-12H2,(H2,21,25)(H,22,27)(H,23,26)(H,24,30). The number of terminal acetylenes is 1. The molecule has 0 fully saturated rings. The maximum atomic E-state index is 12.4. The molecule has 2 atom stereocenters. The monoisotopic (exact) mass is 434 g/mol. The third-order valence-electron chi connectivity index (χ3n) is 3.97. The molecule has 168 valence electrons. The lowest BCUT2D eigenvalue weighted by Crippen LogP contribution is -2.51. The van der Waals surface area contributed by atoms with Crippen molar-refractivity contribution in [2.24, 2.45) is 5.73 Å². The fourth-order valence-electron chi connectivity index (χ4n) is 2.37.